The van der Waals surface area contributed by atoms with Gasteiger partial charge in [-0.3, -0.25) is 4.79 Å². The summed E-state index contributed by atoms with van der Waals surface area (Å²) in [6.07, 6.45) is 3.08. The largest absolute Gasteiger partial charge is 0.481 e. The highest BCUT2D eigenvalue weighted by atomic mass is 79.9. The fourth-order valence-electron chi connectivity index (χ4n) is 2.20. The van der Waals surface area contributed by atoms with Gasteiger partial charge < -0.3 is 9.64 Å². The van der Waals surface area contributed by atoms with Crippen LogP contribution in [0.25, 0.3) is 0 Å². The van der Waals surface area contributed by atoms with Crippen molar-refractivity contribution in [2.45, 2.75) is 39.2 Å². The van der Waals surface area contributed by atoms with Crippen LogP contribution < -0.4 is 4.74 Å². The third-order valence-corrected chi connectivity index (χ3v) is 3.98. The van der Waals surface area contributed by atoms with Gasteiger partial charge in [-0.15, -0.1) is 0 Å². The molecule has 0 saturated heterocycles. The molecular formula is C16H22BrNO2. The molecule has 0 N–H and O–H groups in total. The number of halogens is 1. The van der Waals surface area contributed by atoms with Crippen LogP contribution >= 0.6 is 15.9 Å². The Kier molecular flexibility index (Phi) is 5.46. The summed E-state index contributed by atoms with van der Waals surface area (Å²) in [7, 11) is 0. The lowest BCUT2D eigenvalue weighted by atomic mass is 10.2. The molecule has 1 aromatic rings. The second kappa shape index (κ2) is 7.11. The maximum absolute atomic E-state index is 12.5. The lowest BCUT2D eigenvalue weighted by Gasteiger charge is -2.25. The Balaban J connectivity index is 1.92. The third kappa shape index (κ3) is 4.51. The molecule has 110 valence electrons. The molecule has 1 aromatic carbocycles. The SMILES string of the molecule is CCCN(CC1CC1)C(=O)C(C)Oc1ccc(Br)cc1. The minimum Gasteiger partial charge on any atom is -0.481 e. The molecule has 1 aliphatic rings. The normalized spacial score (nSPS) is 15.8. The van der Waals surface area contributed by atoms with E-state index in [1.807, 2.05) is 36.1 Å². The first-order valence-corrected chi connectivity index (χ1v) is 8.10. The van der Waals surface area contributed by atoms with E-state index in [-0.39, 0.29) is 5.91 Å². The zero-order valence-corrected chi connectivity index (χ0v) is 13.7. The summed E-state index contributed by atoms with van der Waals surface area (Å²) in [6.45, 7) is 5.65. The van der Waals surface area contributed by atoms with Crippen LogP contribution in [0.4, 0.5) is 0 Å². The second-order valence-electron chi connectivity index (χ2n) is 5.44. The van der Waals surface area contributed by atoms with Gasteiger partial charge in [-0.05, 0) is 56.4 Å². The topological polar surface area (TPSA) is 29.5 Å². The standard InChI is InChI=1S/C16H22BrNO2/c1-3-10-18(11-13-4-5-13)16(19)12(2)20-15-8-6-14(17)7-9-15/h6-9,12-13H,3-5,10-11H2,1-2H3. The molecule has 1 saturated carbocycles. The smallest absolute Gasteiger partial charge is 0.263 e. The molecule has 20 heavy (non-hydrogen) atoms. The maximum atomic E-state index is 12.5. The van der Waals surface area contributed by atoms with Gasteiger partial charge in [0.15, 0.2) is 6.10 Å². The monoisotopic (exact) mass is 339 g/mol. The Morgan fingerprint density at radius 2 is 2.05 bits per heavy atom. The van der Waals surface area contributed by atoms with Crippen LogP contribution in [0.3, 0.4) is 0 Å². The van der Waals surface area contributed by atoms with Crippen LogP contribution in [0.15, 0.2) is 28.7 Å². The van der Waals surface area contributed by atoms with Gasteiger partial charge in [0, 0.05) is 17.6 Å². The lowest BCUT2D eigenvalue weighted by molar-refractivity contribution is -0.138. The Morgan fingerprint density at radius 1 is 1.40 bits per heavy atom. The molecule has 1 aliphatic carbocycles. The van der Waals surface area contributed by atoms with Gasteiger partial charge in [0.25, 0.3) is 5.91 Å². The van der Waals surface area contributed by atoms with Crippen molar-refractivity contribution >= 4 is 21.8 Å². The molecule has 0 aliphatic heterocycles. The Hall–Kier alpha value is -1.03. The van der Waals surface area contributed by atoms with Crippen molar-refractivity contribution in [1.29, 1.82) is 0 Å². The Bertz CT molecular complexity index is 442. The summed E-state index contributed by atoms with van der Waals surface area (Å²) in [5.74, 6) is 1.55. The van der Waals surface area contributed by atoms with Gasteiger partial charge in [0.05, 0.1) is 0 Å². The number of hydrogen-bond donors (Lipinski definition) is 0. The minimum absolute atomic E-state index is 0.0988. The van der Waals surface area contributed by atoms with Crippen LogP contribution in [0.2, 0.25) is 0 Å². The van der Waals surface area contributed by atoms with E-state index in [1.54, 1.807) is 0 Å². The third-order valence-electron chi connectivity index (χ3n) is 3.45. The molecule has 4 heteroatoms. The van der Waals surface area contributed by atoms with Gasteiger partial charge in [0.2, 0.25) is 0 Å². The fourth-order valence-corrected chi connectivity index (χ4v) is 2.46. The lowest BCUT2D eigenvalue weighted by Crippen LogP contribution is -2.42. The highest BCUT2D eigenvalue weighted by Gasteiger charge is 2.29. The summed E-state index contributed by atoms with van der Waals surface area (Å²) in [5.41, 5.74) is 0. The van der Waals surface area contributed by atoms with Gasteiger partial charge in [-0.25, -0.2) is 0 Å². The molecule has 3 nitrogen and oxygen atoms in total. The highest BCUT2D eigenvalue weighted by molar-refractivity contribution is 9.10. The van der Waals surface area contributed by atoms with E-state index in [9.17, 15) is 4.79 Å². The number of hydrogen-bond acceptors (Lipinski definition) is 2. The number of carbonyl (C=O) groups excluding carboxylic acids is 1. The second-order valence-corrected chi connectivity index (χ2v) is 6.36. The zero-order valence-electron chi connectivity index (χ0n) is 12.1. The number of ether oxygens (including phenoxy) is 1. The van der Waals surface area contributed by atoms with E-state index >= 15 is 0 Å². The number of rotatable bonds is 7. The van der Waals surface area contributed by atoms with E-state index in [0.717, 1.165) is 29.7 Å². The average molecular weight is 340 g/mol. The fraction of sp³-hybridized carbons (Fsp3) is 0.562. The maximum Gasteiger partial charge on any atom is 0.263 e. The quantitative estimate of drug-likeness (QED) is 0.754. The molecule has 0 spiro atoms. The molecule has 1 atom stereocenters. The van der Waals surface area contributed by atoms with Crippen LogP contribution in [0.5, 0.6) is 5.75 Å². The minimum atomic E-state index is -0.429. The molecule has 0 heterocycles. The van der Waals surface area contributed by atoms with Gasteiger partial charge in [-0.2, -0.15) is 0 Å². The molecule has 0 radical (unpaired) electrons. The molecule has 2 rings (SSSR count). The molecule has 1 fully saturated rings. The van der Waals surface area contributed by atoms with Crippen molar-refractivity contribution in [3.8, 4) is 5.75 Å². The van der Waals surface area contributed by atoms with Crippen molar-refractivity contribution in [2.24, 2.45) is 5.92 Å². The van der Waals surface area contributed by atoms with E-state index in [0.29, 0.717) is 5.92 Å². The van der Waals surface area contributed by atoms with Crippen LogP contribution in [0.1, 0.15) is 33.1 Å². The van der Waals surface area contributed by atoms with Crippen molar-refractivity contribution in [3.63, 3.8) is 0 Å². The number of benzene rings is 1. The molecule has 1 amide bonds. The van der Waals surface area contributed by atoms with Gasteiger partial charge >= 0.3 is 0 Å². The molecule has 1 unspecified atom stereocenters. The van der Waals surface area contributed by atoms with E-state index in [4.69, 9.17) is 4.74 Å². The number of carbonyl (C=O) groups is 1. The predicted octanol–water partition coefficient (Wildman–Crippen LogP) is 3.87. The summed E-state index contributed by atoms with van der Waals surface area (Å²) < 4.78 is 6.75. The van der Waals surface area contributed by atoms with Crippen LogP contribution in [-0.4, -0.2) is 30.0 Å². The number of amides is 1. The van der Waals surface area contributed by atoms with Gasteiger partial charge in [-0.1, -0.05) is 22.9 Å². The Labute approximate surface area is 129 Å². The van der Waals surface area contributed by atoms with E-state index < -0.39 is 6.10 Å². The molecular weight excluding hydrogens is 318 g/mol. The summed E-state index contributed by atoms with van der Waals surface area (Å²) >= 11 is 3.39. The van der Waals surface area contributed by atoms with Crippen LogP contribution in [-0.2, 0) is 4.79 Å². The van der Waals surface area contributed by atoms with Crippen molar-refractivity contribution < 1.29 is 9.53 Å². The molecule has 0 bridgehead atoms. The first-order valence-electron chi connectivity index (χ1n) is 7.31. The van der Waals surface area contributed by atoms with Crippen LogP contribution in [0, 0.1) is 5.92 Å². The number of nitrogens with zero attached hydrogens (tertiary/aromatic N) is 1. The average Bonchev–Trinajstić information content (AvgIpc) is 3.24. The Morgan fingerprint density at radius 3 is 2.60 bits per heavy atom. The molecule has 0 aromatic heterocycles. The van der Waals surface area contributed by atoms with Crippen molar-refractivity contribution in [1.82, 2.24) is 4.90 Å². The summed E-state index contributed by atoms with van der Waals surface area (Å²) in [5, 5.41) is 0. The summed E-state index contributed by atoms with van der Waals surface area (Å²) in [4.78, 5) is 14.4. The van der Waals surface area contributed by atoms with E-state index in [1.165, 1.54) is 12.8 Å². The highest BCUT2D eigenvalue weighted by Crippen LogP contribution is 2.30. The first-order chi connectivity index (χ1) is 9.60. The van der Waals surface area contributed by atoms with Crippen molar-refractivity contribution in [2.75, 3.05) is 13.1 Å². The first kappa shape index (κ1) is 15.4. The van der Waals surface area contributed by atoms with Crippen molar-refractivity contribution in [3.05, 3.63) is 28.7 Å². The summed E-state index contributed by atoms with van der Waals surface area (Å²) in [6, 6.07) is 7.58. The van der Waals surface area contributed by atoms with E-state index in [2.05, 4.69) is 22.9 Å². The zero-order chi connectivity index (χ0) is 14.5. The van der Waals surface area contributed by atoms with Gasteiger partial charge in [0.1, 0.15) is 5.75 Å². The predicted molar refractivity (Wildman–Crippen MR) is 83.8 cm³/mol.